The summed E-state index contributed by atoms with van der Waals surface area (Å²) in [5.74, 6) is -0.395. The third kappa shape index (κ3) is 5.08. The van der Waals surface area contributed by atoms with E-state index in [-0.39, 0.29) is 17.2 Å². The number of ketones is 1. The number of para-hydroxylation sites is 1. The van der Waals surface area contributed by atoms with Crippen molar-refractivity contribution in [3.8, 4) is 5.75 Å². The molecule has 0 radical (unpaired) electrons. The summed E-state index contributed by atoms with van der Waals surface area (Å²) in [6.45, 7) is 11.1. The van der Waals surface area contributed by atoms with Gasteiger partial charge >= 0.3 is 5.97 Å². The number of unbranched alkanes of at least 4 members (excludes halogenated alkanes) is 1. The molecule has 1 aromatic carbocycles. The number of hydrogen-bond donors (Lipinski definition) is 0. The Kier molecular flexibility index (Phi) is 7.34. The summed E-state index contributed by atoms with van der Waals surface area (Å²) in [5.41, 5.74) is 2.74. The van der Waals surface area contributed by atoms with Crippen LogP contribution in [0.5, 0.6) is 5.75 Å². The number of esters is 1. The molecule has 0 saturated heterocycles. The van der Waals surface area contributed by atoms with Gasteiger partial charge in [-0.3, -0.25) is 9.79 Å². The predicted molar refractivity (Wildman–Crippen MR) is 122 cm³/mol. The van der Waals surface area contributed by atoms with Gasteiger partial charge in [0, 0.05) is 29.3 Å². The monoisotopic (exact) mass is 425 g/mol. The van der Waals surface area contributed by atoms with Crippen LogP contribution in [0.25, 0.3) is 0 Å². The van der Waals surface area contributed by atoms with E-state index in [0.29, 0.717) is 30.9 Å². The van der Waals surface area contributed by atoms with Crippen LogP contribution in [-0.4, -0.2) is 30.7 Å². The maximum absolute atomic E-state index is 13.4. The van der Waals surface area contributed by atoms with Crippen molar-refractivity contribution in [2.45, 2.75) is 72.6 Å². The molecule has 0 bridgehead atoms. The van der Waals surface area contributed by atoms with Crippen molar-refractivity contribution in [3.63, 3.8) is 0 Å². The van der Waals surface area contributed by atoms with Gasteiger partial charge in [-0.1, -0.05) is 52.3 Å². The third-order valence-electron chi connectivity index (χ3n) is 6.03. The highest BCUT2D eigenvalue weighted by molar-refractivity contribution is 6.12. The maximum atomic E-state index is 13.4. The van der Waals surface area contributed by atoms with Crippen molar-refractivity contribution >= 4 is 17.5 Å². The van der Waals surface area contributed by atoms with Gasteiger partial charge in [-0.25, -0.2) is 4.79 Å². The fourth-order valence-electron chi connectivity index (χ4n) is 4.66. The Morgan fingerprint density at radius 2 is 1.84 bits per heavy atom. The number of benzene rings is 1. The number of hydrogen-bond acceptors (Lipinski definition) is 5. The topological polar surface area (TPSA) is 65.0 Å². The van der Waals surface area contributed by atoms with Crippen LogP contribution in [0.4, 0.5) is 0 Å². The Balaban J connectivity index is 2.11. The van der Waals surface area contributed by atoms with Crippen molar-refractivity contribution < 1.29 is 19.1 Å². The molecule has 1 aliphatic carbocycles. The first-order valence-electron chi connectivity index (χ1n) is 11.5. The van der Waals surface area contributed by atoms with Crippen LogP contribution in [0.2, 0.25) is 0 Å². The normalized spacial score (nSPS) is 22.6. The van der Waals surface area contributed by atoms with Gasteiger partial charge < -0.3 is 9.47 Å². The summed E-state index contributed by atoms with van der Waals surface area (Å²) in [6.07, 6.45) is 3.94. The minimum Gasteiger partial charge on any atom is -0.493 e. The summed E-state index contributed by atoms with van der Waals surface area (Å²) in [7, 11) is 0. The van der Waals surface area contributed by atoms with Gasteiger partial charge in [-0.05, 0) is 37.7 Å². The molecule has 5 nitrogen and oxygen atoms in total. The van der Waals surface area contributed by atoms with Crippen LogP contribution in [-0.2, 0) is 14.3 Å². The summed E-state index contributed by atoms with van der Waals surface area (Å²) < 4.78 is 11.6. The lowest BCUT2D eigenvalue weighted by Gasteiger charge is -2.41. The first-order chi connectivity index (χ1) is 14.8. The zero-order valence-electron chi connectivity index (χ0n) is 19.5. The lowest BCUT2D eigenvalue weighted by atomic mass is 9.63. The van der Waals surface area contributed by atoms with Gasteiger partial charge in [0.25, 0.3) is 0 Å². The zero-order valence-corrected chi connectivity index (χ0v) is 19.5. The first kappa shape index (κ1) is 23.2. The number of Topliss-reactive ketones (excluding diaryl/α,β-unsaturated/α-hetero) is 1. The molecule has 1 aliphatic heterocycles. The molecular formula is C26H35NO4. The Morgan fingerprint density at radius 3 is 2.55 bits per heavy atom. The second-order valence-corrected chi connectivity index (χ2v) is 9.42. The molecule has 5 heteroatoms. The highest BCUT2D eigenvalue weighted by Crippen LogP contribution is 2.48. The van der Waals surface area contributed by atoms with Crippen LogP contribution in [0.3, 0.4) is 0 Å². The Labute approximate surface area is 185 Å². The molecule has 31 heavy (non-hydrogen) atoms. The molecule has 2 aliphatic rings. The number of nitrogens with zero attached hydrogens (tertiary/aromatic N) is 1. The van der Waals surface area contributed by atoms with Crippen LogP contribution < -0.4 is 4.74 Å². The predicted octanol–water partition coefficient (Wildman–Crippen LogP) is 5.64. The van der Waals surface area contributed by atoms with Gasteiger partial charge in [0.15, 0.2) is 0 Å². The van der Waals surface area contributed by atoms with E-state index in [0.717, 1.165) is 42.7 Å². The molecule has 1 fully saturated rings. The van der Waals surface area contributed by atoms with Gasteiger partial charge in [0.2, 0.25) is 0 Å². The van der Waals surface area contributed by atoms with Gasteiger partial charge in [-0.2, -0.15) is 0 Å². The minimum absolute atomic E-state index is 0.130. The molecule has 3 rings (SSSR count). The molecule has 2 atom stereocenters. The van der Waals surface area contributed by atoms with Crippen LogP contribution in [0, 0.1) is 11.3 Å². The first-order valence-corrected chi connectivity index (χ1v) is 11.5. The molecule has 1 aromatic rings. The number of allylic oxidation sites excluding steroid dienone is 1. The number of rotatable bonds is 8. The van der Waals surface area contributed by atoms with Gasteiger partial charge in [-0.15, -0.1) is 0 Å². The van der Waals surface area contributed by atoms with Crippen molar-refractivity contribution in [2.24, 2.45) is 16.3 Å². The lowest BCUT2D eigenvalue weighted by Crippen LogP contribution is -2.44. The summed E-state index contributed by atoms with van der Waals surface area (Å²) in [4.78, 5) is 31.3. The van der Waals surface area contributed by atoms with Gasteiger partial charge in [0.05, 0.1) is 24.7 Å². The van der Waals surface area contributed by atoms with Crippen molar-refractivity contribution in [3.05, 3.63) is 41.1 Å². The van der Waals surface area contributed by atoms with E-state index < -0.39 is 11.8 Å². The van der Waals surface area contributed by atoms with E-state index in [1.165, 1.54) is 0 Å². The summed E-state index contributed by atoms with van der Waals surface area (Å²) in [5, 5.41) is 0. The summed E-state index contributed by atoms with van der Waals surface area (Å²) in [6, 6.07) is 7.77. The molecule has 1 heterocycles. The number of fused-ring (bicyclic) bond motifs is 1. The second-order valence-electron chi connectivity index (χ2n) is 9.42. The van der Waals surface area contributed by atoms with Crippen molar-refractivity contribution in [1.82, 2.24) is 0 Å². The fraction of sp³-hybridized carbons (Fsp3) is 0.577. The molecule has 0 N–H and O–H groups in total. The zero-order chi connectivity index (χ0) is 22.6. The molecule has 168 valence electrons. The molecular weight excluding hydrogens is 390 g/mol. The summed E-state index contributed by atoms with van der Waals surface area (Å²) >= 11 is 0. The Morgan fingerprint density at radius 1 is 1.10 bits per heavy atom. The quantitative estimate of drug-likeness (QED) is 0.400. The second kappa shape index (κ2) is 9.80. The highest BCUT2D eigenvalue weighted by Gasteiger charge is 2.48. The average molecular weight is 426 g/mol. The largest absolute Gasteiger partial charge is 0.493 e. The van der Waals surface area contributed by atoms with Crippen molar-refractivity contribution in [1.29, 1.82) is 0 Å². The fourth-order valence-corrected chi connectivity index (χ4v) is 4.66. The molecule has 0 aromatic heterocycles. The van der Waals surface area contributed by atoms with Crippen molar-refractivity contribution in [2.75, 3.05) is 13.2 Å². The number of aliphatic imine (C=N–C) groups is 1. The number of carbonyl (C=O) groups excluding carboxylic acids is 2. The van der Waals surface area contributed by atoms with Crippen LogP contribution in [0.1, 0.15) is 78.2 Å². The molecule has 1 unspecified atom stereocenters. The minimum atomic E-state index is -0.447. The van der Waals surface area contributed by atoms with Crippen LogP contribution >= 0.6 is 0 Å². The molecule has 1 saturated carbocycles. The van der Waals surface area contributed by atoms with E-state index in [9.17, 15) is 9.59 Å². The van der Waals surface area contributed by atoms with E-state index in [1.54, 1.807) is 0 Å². The molecule has 0 spiro atoms. The van der Waals surface area contributed by atoms with E-state index in [1.807, 2.05) is 38.1 Å². The van der Waals surface area contributed by atoms with E-state index in [2.05, 4.69) is 20.8 Å². The maximum Gasteiger partial charge on any atom is 0.336 e. The average Bonchev–Trinajstić information content (AvgIpc) is 2.70. The third-order valence-corrected chi connectivity index (χ3v) is 6.03. The molecule has 0 amide bonds. The SMILES string of the molecule is CCCCOc1ccccc1[C@H]1C(C(=O)OCCC)=C(C)N=C2CC(C)(C)CC(=O)C21. The Bertz CT molecular complexity index is 896. The van der Waals surface area contributed by atoms with E-state index >= 15 is 0 Å². The van der Waals surface area contributed by atoms with E-state index in [4.69, 9.17) is 14.5 Å². The lowest BCUT2D eigenvalue weighted by molar-refractivity contribution is -0.139. The number of ether oxygens (including phenoxy) is 2. The van der Waals surface area contributed by atoms with Gasteiger partial charge in [0.1, 0.15) is 11.5 Å². The number of carbonyl (C=O) groups is 2. The highest BCUT2D eigenvalue weighted by atomic mass is 16.5. The smallest absolute Gasteiger partial charge is 0.336 e. The Hall–Kier alpha value is -2.43. The standard InChI is InChI=1S/C26H35NO4/c1-6-8-14-30-21-12-10-9-11-18(21)23-22(25(29)31-13-7-2)17(3)27-19-15-26(4,5)16-20(28)24(19)23/h9-12,23-24H,6-8,13-16H2,1-5H3/t23-,24?/m0/s1. The van der Waals surface area contributed by atoms with Crippen LogP contribution in [0.15, 0.2) is 40.5 Å².